The topological polar surface area (TPSA) is 75.7 Å². The summed E-state index contributed by atoms with van der Waals surface area (Å²) in [5.74, 6) is -0.772. The fraction of sp³-hybridized carbons (Fsp3) is 0.150. The van der Waals surface area contributed by atoms with Crippen LogP contribution in [0.2, 0.25) is 0 Å². The summed E-state index contributed by atoms with van der Waals surface area (Å²) in [7, 11) is 1.32. The Morgan fingerprint density at radius 3 is 2.41 bits per heavy atom. The molecule has 0 unspecified atom stereocenters. The summed E-state index contributed by atoms with van der Waals surface area (Å²) < 4.78 is 4.65. The molecule has 0 aromatic heterocycles. The van der Waals surface area contributed by atoms with Crippen molar-refractivity contribution in [3.63, 3.8) is 0 Å². The number of imide groups is 1. The third kappa shape index (κ3) is 4.38. The Bertz CT molecular complexity index is 905. The van der Waals surface area contributed by atoms with E-state index in [1.165, 1.54) is 12.0 Å². The van der Waals surface area contributed by atoms with Gasteiger partial charge in [-0.25, -0.2) is 4.79 Å². The Morgan fingerprint density at radius 1 is 1.11 bits per heavy atom. The monoisotopic (exact) mass is 382 g/mol. The molecule has 1 aliphatic rings. The Balaban J connectivity index is 1.68. The van der Waals surface area contributed by atoms with Gasteiger partial charge in [0.25, 0.3) is 11.1 Å². The van der Waals surface area contributed by atoms with Gasteiger partial charge in [-0.1, -0.05) is 29.8 Å². The lowest BCUT2D eigenvalue weighted by molar-refractivity contribution is -0.122. The van der Waals surface area contributed by atoms with E-state index in [2.05, 4.69) is 10.1 Å². The number of carbonyl (C=O) groups is 3. The van der Waals surface area contributed by atoms with E-state index in [1.54, 1.807) is 30.3 Å². The third-order valence-electron chi connectivity index (χ3n) is 4.00. The van der Waals surface area contributed by atoms with E-state index in [1.807, 2.05) is 31.2 Å². The van der Waals surface area contributed by atoms with Gasteiger partial charge < -0.3 is 10.1 Å². The first-order valence-electron chi connectivity index (χ1n) is 8.22. The molecule has 1 fully saturated rings. The lowest BCUT2D eigenvalue weighted by Crippen LogP contribution is -2.33. The van der Waals surface area contributed by atoms with Crippen molar-refractivity contribution >= 4 is 40.6 Å². The second kappa shape index (κ2) is 8.09. The molecule has 1 N–H and O–H groups in total. The molecular weight excluding hydrogens is 364 g/mol. The van der Waals surface area contributed by atoms with Crippen molar-refractivity contribution in [1.29, 1.82) is 0 Å². The first-order valence-corrected chi connectivity index (χ1v) is 9.04. The summed E-state index contributed by atoms with van der Waals surface area (Å²) >= 11 is 0.896. The van der Waals surface area contributed by atoms with Gasteiger partial charge >= 0.3 is 5.97 Å². The minimum Gasteiger partial charge on any atom is -0.465 e. The van der Waals surface area contributed by atoms with Gasteiger partial charge in [0.15, 0.2) is 0 Å². The van der Waals surface area contributed by atoms with Crippen molar-refractivity contribution in [2.24, 2.45) is 0 Å². The molecule has 0 radical (unpaired) electrons. The molecule has 1 heterocycles. The molecule has 3 rings (SSSR count). The number of benzene rings is 2. The maximum atomic E-state index is 12.5. The van der Waals surface area contributed by atoms with Crippen LogP contribution in [0.4, 0.5) is 10.5 Å². The molecular formula is C20H18N2O4S. The Morgan fingerprint density at radius 2 is 1.78 bits per heavy atom. The lowest BCUT2D eigenvalue weighted by Gasteiger charge is -2.14. The van der Waals surface area contributed by atoms with Gasteiger partial charge in [0, 0.05) is 5.69 Å². The Kier molecular flexibility index (Phi) is 5.61. The first kappa shape index (κ1) is 18.7. The molecule has 7 heteroatoms. The van der Waals surface area contributed by atoms with Gasteiger partial charge in [0.05, 0.1) is 24.2 Å². The molecule has 2 amide bonds. The average Bonchev–Trinajstić information content (AvgIpc) is 2.94. The number of anilines is 1. The zero-order chi connectivity index (χ0) is 19.4. The maximum Gasteiger partial charge on any atom is 0.337 e. The largest absolute Gasteiger partial charge is 0.465 e. The number of hydrogen-bond donors (Lipinski definition) is 1. The van der Waals surface area contributed by atoms with Crippen LogP contribution in [0.15, 0.2) is 53.4 Å². The van der Waals surface area contributed by atoms with Crippen molar-refractivity contribution in [1.82, 2.24) is 4.90 Å². The van der Waals surface area contributed by atoms with Crippen molar-refractivity contribution in [2.75, 3.05) is 19.1 Å². The molecule has 0 spiro atoms. The predicted octanol–water partition coefficient (Wildman–Crippen LogP) is 3.89. The quantitative estimate of drug-likeness (QED) is 0.625. The van der Waals surface area contributed by atoms with Crippen LogP contribution in [0.1, 0.15) is 21.5 Å². The summed E-state index contributed by atoms with van der Waals surface area (Å²) in [6, 6.07) is 14.3. The molecule has 27 heavy (non-hydrogen) atoms. The zero-order valence-electron chi connectivity index (χ0n) is 14.9. The standard InChI is InChI=1S/C20H18N2O4S/c1-13-3-9-16(10-4-13)21-12-22-18(23)17(27-20(22)25)11-14-5-7-15(8-6-14)19(24)26-2/h3-11,21H,12H2,1-2H3/b17-11+. The van der Waals surface area contributed by atoms with Gasteiger partial charge in [-0.15, -0.1) is 0 Å². The van der Waals surface area contributed by atoms with Crippen molar-refractivity contribution in [3.05, 3.63) is 70.1 Å². The Labute approximate surface area is 161 Å². The van der Waals surface area contributed by atoms with Gasteiger partial charge in [0.2, 0.25) is 0 Å². The number of hydrogen-bond acceptors (Lipinski definition) is 6. The minimum absolute atomic E-state index is 0.104. The summed E-state index contributed by atoms with van der Waals surface area (Å²) in [4.78, 5) is 37.7. The van der Waals surface area contributed by atoms with Crippen LogP contribution in [0.25, 0.3) is 6.08 Å². The SMILES string of the molecule is COC(=O)c1ccc(/C=C2/SC(=O)N(CNc3ccc(C)cc3)C2=O)cc1. The van der Waals surface area contributed by atoms with Gasteiger partial charge in [-0.3, -0.25) is 14.5 Å². The summed E-state index contributed by atoms with van der Waals surface area (Å²) in [5, 5.41) is 2.76. The summed E-state index contributed by atoms with van der Waals surface area (Å²) in [5.41, 5.74) is 3.11. The number of nitrogens with zero attached hydrogens (tertiary/aromatic N) is 1. The third-order valence-corrected chi connectivity index (χ3v) is 4.90. The number of nitrogens with one attached hydrogen (secondary N) is 1. The summed E-state index contributed by atoms with van der Waals surface area (Å²) in [6.45, 7) is 2.09. The van der Waals surface area contributed by atoms with Crippen LogP contribution < -0.4 is 5.32 Å². The van der Waals surface area contributed by atoms with E-state index in [0.717, 1.165) is 28.6 Å². The minimum atomic E-state index is -0.427. The molecule has 0 atom stereocenters. The lowest BCUT2D eigenvalue weighted by atomic mass is 10.1. The van der Waals surface area contributed by atoms with Crippen LogP contribution in [-0.4, -0.2) is 35.8 Å². The highest BCUT2D eigenvalue weighted by atomic mass is 32.2. The molecule has 0 aliphatic carbocycles. The van der Waals surface area contributed by atoms with Crippen LogP contribution >= 0.6 is 11.8 Å². The molecule has 138 valence electrons. The van der Waals surface area contributed by atoms with Crippen LogP contribution in [0.5, 0.6) is 0 Å². The number of aryl methyl sites for hydroxylation is 1. The number of thioether (sulfide) groups is 1. The number of carbonyl (C=O) groups excluding carboxylic acids is 3. The van der Waals surface area contributed by atoms with E-state index in [4.69, 9.17) is 0 Å². The molecule has 1 saturated heterocycles. The second-order valence-corrected chi connectivity index (χ2v) is 6.92. The van der Waals surface area contributed by atoms with E-state index in [9.17, 15) is 14.4 Å². The molecule has 0 bridgehead atoms. The van der Waals surface area contributed by atoms with E-state index in [0.29, 0.717) is 10.5 Å². The maximum absolute atomic E-state index is 12.5. The molecule has 1 aliphatic heterocycles. The second-order valence-electron chi connectivity index (χ2n) is 5.92. The number of amides is 2. The number of esters is 1. The first-order chi connectivity index (χ1) is 13.0. The molecule has 2 aromatic rings. The van der Waals surface area contributed by atoms with Gasteiger partial charge in [-0.2, -0.15) is 0 Å². The van der Waals surface area contributed by atoms with E-state index < -0.39 is 5.97 Å². The molecule has 0 saturated carbocycles. The predicted molar refractivity (Wildman–Crippen MR) is 105 cm³/mol. The number of ether oxygens (including phenoxy) is 1. The van der Waals surface area contributed by atoms with Gasteiger partial charge in [0.1, 0.15) is 0 Å². The van der Waals surface area contributed by atoms with Gasteiger partial charge in [-0.05, 0) is 54.6 Å². The van der Waals surface area contributed by atoms with E-state index >= 15 is 0 Å². The van der Waals surface area contributed by atoms with Crippen LogP contribution in [0, 0.1) is 6.92 Å². The normalized spacial score (nSPS) is 15.3. The highest BCUT2D eigenvalue weighted by molar-refractivity contribution is 8.18. The number of rotatable bonds is 5. The molecule has 2 aromatic carbocycles. The Hall–Kier alpha value is -3.06. The number of methoxy groups -OCH3 is 1. The summed E-state index contributed by atoms with van der Waals surface area (Å²) in [6.07, 6.45) is 1.64. The highest BCUT2D eigenvalue weighted by Crippen LogP contribution is 2.32. The van der Waals surface area contributed by atoms with Crippen LogP contribution in [-0.2, 0) is 9.53 Å². The highest BCUT2D eigenvalue weighted by Gasteiger charge is 2.34. The zero-order valence-corrected chi connectivity index (χ0v) is 15.7. The smallest absolute Gasteiger partial charge is 0.337 e. The van der Waals surface area contributed by atoms with Crippen molar-refractivity contribution < 1.29 is 19.1 Å². The van der Waals surface area contributed by atoms with Crippen molar-refractivity contribution in [2.45, 2.75) is 6.92 Å². The van der Waals surface area contributed by atoms with Crippen LogP contribution in [0.3, 0.4) is 0 Å². The molecule has 6 nitrogen and oxygen atoms in total. The van der Waals surface area contributed by atoms with Crippen molar-refractivity contribution in [3.8, 4) is 0 Å². The fourth-order valence-corrected chi connectivity index (χ4v) is 3.30. The fourth-order valence-electron chi connectivity index (χ4n) is 2.46. The average molecular weight is 382 g/mol. The van der Waals surface area contributed by atoms with E-state index in [-0.39, 0.29) is 17.8 Å².